The Balaban J connectivity index is 2.02. The average molecular weight is 420 g/mol. The molecule has 162 valence electrons. The van der Waals surface area contributed by atoms with Gasteiger partial charge in [0, 0.05) is 29.9 Å². The van der Waals surface area contributed by atoms with Gasteiger partial charge in [0.1, 0.15) is 12.1 Å². The Morgan fingerprint density at radius 3 is 2.33 bits per heavy atom. The molecule has 30 heavy (non-hydrogen) atoms. The second-order valence-corrected chi connectivity index (χ2v) is 6.75. The Kier molecular flexibility index (Phi) is 7.90. The lowest BCUT2D eigenvalue weighted by atomic mass is 10.0. The molecule has 0 aliphatic heterocycles. The van der Waals surface area contributed by atoms with Gasteiger partial charge in [0.15, 0.2) is 0 Å². The number of carboxylic acid groups (broad SMARTS) is 2. The molecule has 0 aliphatic carbocycles. The molecule has 0 saturated heterocycles. The van der Waals surface area contributed by atoms with Crippen molar-refractivity contribution in [1.82, 2.24) is 15.6 Å². The Bertz CT molecular complexity index is 926. The standard InChI is InChI=1S/C19H24N4O7/c20-12(5-6-16(25)26)17(27)23-15(9-24)18(28)22-14(19(29)30)7-10-8-21-13-4-2-1-3-11(10)13/h1-4,8,12,14-15,21,24H,5-7,9,20H2,(H,22,28)(H,23,27)(H,25,26)(H,29,30)/t12-,14-,15-/m0/s1. The largest absolute Gasteiger partial charge is 0.481 e. The average Bonchev–Trinajstić information content (AvgIpc) is 3.12. The van der Waals surface area contributed by atoms with Crippen molar-refractivity contribution in [2.24, 2.45) is 5.73 Å². The summed E-state index contributed by atoms with van der Waals surface area (Å²) >= 11 is 0. The molecule has 0 radical (unpaired) electrons. The van der Waals surface area contributed by atoms with Crippen LogP contribution in [0.4, 0.5) is 0 Å². The lowest BCUT2D eigenvalue weighted by Crippen LogP contribution is -2.56. The maximum Gasteiger partial charge on any atom is 0.326 e. The molecule has 11 heteroatoms. The highest BCUT2D eigenvalue weighted by molar-refractivity contribution is 5.92. The van der Waals surface area contributed by atoms with Gasteiger partial charge in [0.25, 0.3) is 0 Å². The number of aromatic amines is 1. The van der Waals surface area contributed by atoms with E-state index in [0.717, 1.165) is 10.9 Å². The van der Waals surface area contributed by atoms with Crippen LogP contribution in [0.25, 0.3) is 10.9 Å². The van der Waals surface area contributed by atoms with Crippen molar-refractivity contribution < 1.29 is 34.5 Å². The van der Waals surface area contributed by atoms with E-state index in [1.54, 1.807) is 12.3 Å². The van der Waals surface area contributed by atoms with E-state index in [1.807, 2.05) is 18.2 Å². The number of aliphatic hydroxyl groups is 1. The highest BCUT2D eigenvalue weighted by Crippen LogP contribution is 2.19. The van der Waals surface area contributed by atoms with E-state index in [-0.39, 0.29) is 19.3 Å². The van der Waals surface area contributed by atoms with E-state index < -0.39 is 48.5 Å². The van der Waals surface area contributed by atoms with Gasteiger partial charge < -0.3 is 36.7 Å². The van der Waals surface area contributed by atoms with Crippen LogP contribution in [0.2, 0.25) is 0 Å². The number of benzene rings is 1. The SMILES string of the molecule is N[C@@H](CCC(=O)O)C(=O)N[C@@H](CO)C(=O)N[C@@H](Cc1c[nH]c2ccccc12)C(=O)O. The zero-order chi connectivity index (χ0) is 22.3. The molecule has 2 aromatic rings. The van der Waals surface area contributed by atoms with Gasteiger partial charge in [-0.05, 0) is 18.1 Å². The summed E-state index contributed by atoms with van der Waals surface area (Å²) in [5, 5.41) is 32.9. The van der Waals surface area contributed by atoms with E-state index in [9.17, 15) is 29.4 Å². The minimum atomic E-state index is -1.43. The van der Waals surface area contributed by atoms with Gasteiger partial charge in [0.05, 0.1) is 12.6 Å². The van der Waals surface area contributed by atoms with Gasteiger partial charge in [-0.1, -0.05) is 18.2 Å². The van der Waals surface area contributed by atoms with Crippen LogP contribution in [-0.4, -0.2) is 68.8 Å². The summed E-state index contributed by atoms with van der Waals surface area (Å²) in [6, 6.07) is 3.36. The molecule has 1 heterocycles. The molecular weight excluding hydrogens is 396 g/mol. The van der Waals surface area contributed by atoms with E-state index in [1.165, 1.54) is 0 Å². The Morgan fingerprint density at radius 2 is 1.70 bits per heavy atom. The van der Waals surface area contributed by atoms with Crippen LogP contribution in [0.1, 0.15) is 18.4 Å². The van der Waals surface area contributed by atoms with Crippen molar-refractivity contribution in [3.63, 3.8) is 0 Å². The molecule has 2 amide bonds. The fourth-order valence-corrected chi connectivity index (χ4v) is 2.88. The third kappa shape index (κ3) is 6.03. The molecule has 1 aromatic carbocycles. The van der Waals surface area contributed by atoms with Crippen LogP contribution in [0.5, 0.6) is 0 Å². The molecule has 1 aromatic heterocycles. The predicted molar refractivity (Wildman–Crippen MR) is 105 cm³/mol. The van der Waals surface area contributed by atoms with Crippen LogP contribution in [-0.2, 0) is 25.6 Å². The molecule has 3 atom stereocenters. The smallest absolute Gasteiger partial charge is 0.326 e. The number of fused-ring (bicyclic) bond motifs is 1. The number of H-pyrrole nitrogens is 1. The maximum atomic E-state index is 12.4. The van der Waals surface area contributed by atoms with Gasteiger partial charge in [-0.25, -0.2) is 4.79 Å². The first-order valence-corrected chi connectivity index (χ1v) is 9.19. The third-order valence-corrected chi connectivity index (χ3v) is 4.54. The highest BCUT2D eigenvalue weighted by Gasteiger charge is 2.28. The molecule has 8 N–H and O–H groups in total. The van der Waals surface area contributed by atoms with Crippen LogP contribution < -0.4 is 16.4 Å². The summed E-state index contributed by atoms with van der Waals surface area (Å²) in [4.78, 5) is 49.6. The number of amides is 2. The van der Waals surface area contributed by atoms with Crippen LogP contribution >= 0.6 is 0 Å². The van der Waals surface area contributed by atoms with Crippen LogP contribution in [0.3, 0.4) is 0 Å². The predicted octanol–water partition coefficient (Wildman–Crippen LogP) is -1.05. The van der Waals surface area contributed by atoms with Crippen molar-refractivity contribution in [3.05, 3.63) is 36.0 Å². The number of aromatic nitrogens is 1. The number of carbonyl (C=O) groups is 4. The summed E-state index contributed by atoms with van der Waals surface area (Å²) in [5.74, 6) is -4.14. The van der Waals surface area contributed by atoms with Crippen molar-refractivity contribution >= 4 is 34.7 Å². The normalized spacial score (nSPS) is 13.9. The second-order valence-electron chi connectivity index (χ2n) is 6.75. The first-order valence-electron chi connectivity index (χ1n) is 9.19. The monoisotopic (exact) mass is 420 g/mol. The Labute approximate surface area is 171 Å². The fraction of sp³-hybridized carbons (Fsp3) is 0.368. The van der Waals surface area contributed by atoms with Crippen molar-refractivity contribution in [3.8, 4) is 0 Å². The number of aliphatic hydroxyl groups excluding tert-OH is 1. The number of hydrogen-bond acceptors (Lipinski definition) is 6. The summed E-state index contributed by atoms with van der Waals surface area (Å²) < 4.78 is 0. The lowest BCUT2D eigenvalue weighted by molar-refractivity contribution is -0.142. The zero-order valence-corrected chi connectivity index (χ0v) is 16.0. The number of aliphatic carboxylic acids is 2. The number of nitrogens with one attached hydrogen (secondary N) is 3. The number of nitrogens with two attached hydrogens (primary N) is 1. The number of hydrogen-bond donors (Lipinski definition) is 7. The van der Waals surface area contributed by atoms with Crippen molar-refractivity contribution in [2.75, 3.05) is 6.61 Å². The Morgan fingerprint density at radius 1 is 1.03 bits per heavy atom. The molecule has 0 spiro atoms. The second kappa shape index (κ2) is 10.4. The van der Waals surface area contributed by atoms with E-state index in [0.29, 0.717) is 5.56 Å². The Hall–Kier alpha value is -3.44. The number of carbonyl (C=O) groups excluding carboxylic acids is 2. The molecule has 0 unspecified atom stereocenters. The molecule has 11 nitrogen and oxygen atoms in total. The fourth-order valence-electron chi connectivity index (χ4n) is 2.88. The number of carboxylic acids is 2. The summed E-state index contributed by atoms with van der Waals surface area (Å²) in [7, 11) is 0. The van der Waals surface area contributed by atoms with Crippen molar-refractivity contribution in [1.29, 1.82) is 0 Å². The van der Waals surface area contributed by atoms with Gasteiger partial charge in [-0.2, -0.15) is 0 Å². The van der Waals surface area contributed by atoms with Crippen LogP contribution in [0, 0.1) is 0 Å². The molecular formula is C19H24N4O7. The summed E-state index contributed by atoms with van der Waals surface area (Å²) in [5.41, 5.74) is 7.07. The minimum absolute atomic E-state index is 0.0185. The zero-order valence-electron chi connectivity index (χ0n) is 16.0. The number of para-hydroxylation sites is 1. The first kappa shape index (κ1) is 22.8. The molecule has 0 fully saturated rings. The highest BCUT2D eigenvalue weighted by atomic mass is 16.4. The minimum Gasteiger partial charge on any atom is -0.481 e. The third-order valence-electron chi connectivity index (χ3n) is 4.54. The van der Waals surface area contributed by atoms with Gasteiger partial charge in [-0.15, -0.1) is 0 Å². The summed E-state index contributed by atoms with van der Waals surface area (Å²) in [6.07, 6.45) is 1.14. The molecule has 0 aliphatic rings. The van der Waals surface area contributed by atoms with E-state index in [4.69, 9.17) is 10.8 Å². The first-order chi connectivity index (χ1) is 14.2. The van der Waals surface area contributed by atoms with Gasteiger partial charge in [-0.3, -0.25) is 14.4 Å². The van der Waals surface area contributed by atoms with Gasteiger partial charge in [0.2, 0.25) is 11.8 Å². The maximum absolute atomic E-state index is 12.4. The quantitative estimate of drug-likeness (QED) is 0.239. The van der Waals surface area contributed by atoms with E-state index in [2.05, 4.69) is 15.6 Å². The molecule has 2 rings (SSSR count). The van der Waals surface area contributed by atoms with E-state index >= 15 is 0 Å². The van der Waals surface area contributed by atoms with Crippen LogP contribution in [0.15, 0.2) is 30.5 Å². The van der Waals surface area contributed by atoms with Crippen molar-refractivity contribution in [2.45, 2.75) is 37.4 Å². The summed E-state index contributed by atoms with van der Waals surface area (Å²) in [6.45, 7) is -0.789. The number of rotatable bonds is 11. The topological polar surface area (TPSA) is 195 Å². The van der Waals surface area contributed by atoms with Gasteiger partial charge >= 0.3 is 11.9 Å². The lowest BCUT2D eigenvalue weighted by Gasteiger charge is -2.21. The molecule has 0 saturated carbocycles. The molecule has 0 bridgehead atoms.